The van der Waals surface area contributed by atoms with Gasteiger partial charge in [0.15, 0.2) is 4.77 Å². The molecule has 1 aromatic heterocycles. The predicted octanol–water partition coefficient (Wildman–Crippen LogP) is 3.12. The second-order valence-electron chi connectivity index (χ2n) is 4.40. The zero-order chi connectivity index (χ0) is 13.1. The van der Waals surface area contributed by atoms with Crippen LogP contribution >= 0.6 is 12.2 Å². The summed E-state index contributed by atoms with van der Waals surface area (Å²) in [6, 6.07) is 8.25. The van der Waals surface area contributed by atoms with Crippen molar-refractivity contribution in [3.63, 3.8) is 0 Å². The number of nitrogens with one attached hydrogen (secondary N) is 1. The number of aromatic nitrogens is 3. The predicted molar refractivity (Wildman–Crippen MR) is 73.6 cm³/mol. The van der Waals surface area contributed by atoms with Crippen LogP contribution < -0.4 is 4.74 Å². The van der Waals surface area contributed by atoms with Gasteiger partial charge in [0.2, 0.25) is 0 Å². The molecular weight excluding hydrogens is 246 g/mol. The van der Waals surface area contributed by atoms with Crippen LogP contribution in [0.15, 0.2) is 24.3 Å². The third-order valence-electron chi connectivity index (χ3n) is 2.83. The number of ether oxygens (including phenoxy) is 1. The Morgan fingerprint density at radius 2 is 2.11 bits per heavy atom. The van der Waals surface area contributed by atoms with E-state index in [1.807, 2.05) is 28.8 Å². The van der Waals surface area contributed by atoms with Gasteiger partial charge in [0.1, 0.15) is 11.6 Å². The molecule has 1 heterocycles. The fraction of sp³-hybridized carbons (Fsp3) is 0.385. The number of nitrogens with zero attached hydrogens (tertiary/aromatic N) is 2. The van der Waals surface area contributed by atoms with Crippen molar-refractivity contribution in [3.8, 4) is 5.75 Å². The number of benzene rings is 1. The molecule has 0 amide bonds. The second kappa shape index (κ2) is 5.35. The number of hydrogen-bond donors (Lipinski definition) is 1. The van der Waals surface area contributed by atoms with Gasteiger partial charge < -0.3 is 9.30 Å². The first-order valence-electron chi connectivity index (χ1n) is 5.91. The molecule has 18 heavy (non-hydrogen) atoms. The highest BCUT2D eigenvalue weighted by Crippen LogP contribution is 2.21. The summed E-state index contributed by atoms with van der Waals surface area (Å²) in [5.41, 5.74) is 1.11. The van der Waals surface area contributed by atoms with Crippen molar-refractivity contribution in [2.24, 2.45) is 0 Å². The molecule has 0 aliphatic heterocycles. The molecule has 0 aliphatic rings. The highest BCUT2D eigenvalue weighted by molar-refractivity contribution is 7.71. The van der Waals surface area contributed by atoms with E-state index in [4.69, 9.17) is 17.0 Å². The van der Waals surface area contributed by atoms with Crippen molar-refractivity contribution >= 4 is 12.2 Å². The third-order valence-corrected chi connectivity index (χ3v) is 3.12. The van der Waals surface area contributed by atoms with Gasteiger partial charge in [-0.1, -0.05) is 18.2 Å². The van der Waals surface area contributed by atoms with Gasteiger partial charge in [-0.3, -0.25) is 5.10 Å². The summed E-state index contributed by atoms with van der Waals surface area (Å²) in [5.74, 6) is 1.81. The van der Waals surface area contributed by atoms with E-state index in [2.05, 4.69) is 24.0 Å². The molecule has 0 spiro atoms. The van der Waals surface area contributed by atoms with E-state index >= 15 is 0 Å². The van der Waals surface area contributed by atoms with E-state index in [1.54, 1.807) is 7.11 Å². The number of rotatable bonds is 4. The number of aromatic amines is 1. The van der Waals surface area contributed by atoms with Crippen LogP contribution in [-0.4, -0.2) is 21.9 Å². The van der Waals surface area contributed by atoms with Crippen molar-refractivity contribution in [2.75, 3.05) is 7.11 Å². The maximum atomic E-state index is 5.35. The second-order valence-corrected chi connectivity index (χ2v) is 4.78. The molecule has 0 saturated heterocycles. The summed E-state index contributed by atoms with van der Waals surface area (Å²) in [5, 5.41) is 7.15. The minimum atomic E-state index is 0.293. The van der Waals surface area contributed by atoms with Crippen LogP contribution in [0.3, 0.4) is 0 Å². The monoisotopic (exact) mass is 263 g/mol. The van der Waals surface area contributed by atoms with Crippen LogP contribution in [0.4, 0.5) is 0 Å². The Kier molecular flexibility index (Phi) is 3.81. The standard InChI is InChI=1S/C13H17N3OS/c1-9(2)16-12(14-15-13(16)18)8-10-6-4-5-7-11(10)17-3/h4-7,9H,8H2,1-3H3,(H,15,18). The van der Waals surface area contributed by atoms with Crippen molar-refractivity contribution in [1.29, 1.82) is 0 Å². The van der Waals surface area contributed by atoms with Gasteiger partial charge >= 0.3 is 0 Å². The van der Waals surface area contributed by atoms with Crippen LogP contribution in [0.1, 0.15) is 31.3 Å². The highest BCUT2D eigenvalue weighted by Gasteiger charge is 2.12. The van der Waals surface area contributed by atoms with Crippen molar-refractivity contribution in [1.82, 2.24) is 14.8 Å². The van der Waals surface area contributed by atoms with Gasteiger partial charge in [-0.2, -0.15) is 5.10 Å². The fourth-order valence-electron chi connectivity index (χ4n) is 2.01. The van der Waals surface area contributed by atoms with E-state index in [1.165, 1.54) is 0 Å². The van der Waals surface area contributed by atoms with Crippen LogP contribution in [0.25, 0.3) is 0 Å². The largest absolute Gasteiger partial charge is 0.496 e. The Hall–Kier alpha value is -1.62. The maximum absolute atomic E-state index is 5.35. The summed E-state index contributed by atoms with van der Waals surface area (Å²) < 4.78 is 8.04. The highest BCUT2D eigenvalue weighted by atomic mass is 32.1. The molecule has 0 unspecified atom stereocenters. The molecule has 0 fully saturated rings. The van der Waals surface area contributed by atoms with Crippen molar-refractivity contribution in [3.05, 3.63) is 40.4 Å². The molecule has 0 radical (unpaired) electrons. The maximum Gasteiger partial charge on any atom is 0.195 e. The molecule has 0 bridgehead atoms. The van der Waals surface area contributed by atoms with E-state index in [0.29, 0.717) is 17.2 Å². The van der Waals surface area contributed by atoms with E-state index in [0.717, 1.165) is 17.1 Å². The lowest BCUT2D eigenvalue weighted by molar-refractivity contribution is 0.410. The van der Waals surface area contributed by atoms with Crippen LogP contribution in [0.5, 0.6) is 5.75 Å². The smallest absolute Gasteiger partial charge is 0.195 e. The lowest BCUT2D eigenvalue weighted by Gasteiger charge is -2.12. The average Bonchev–Trinajstić information content (AvgIpc) is 2.71. The van der Waals surface area contributed by atoms with Gasteiger partial charge in [0.25, 0.3) is 0 Å². The lowest BCUT2D eigenvalue weighted by atomic mass is 10.1. The molecule has 2 rings (SSSR count). The average molecular weight is 263 g/mol. The third kappa shape index (κ3) is 2.46. The molecule has 5 heteroatoms. The first-order valence-corrected chi connectivity index (χ1v) is 6.32. The van der Waals surface area contributed by atoms with Crippen LogP contribution in [-0.2, 0) is 6.42 Å². The van der Waals surface area contributed by atoms with E-state index in [9.17, 15) is 0 Å². The zero-order valence-corrected chi connectivity index (χ0v) is 11.6. The number of H-pyrrole nitrogens is 1. The first kappa shape index (κ1) is 12.8. The summed E-state index contributed by atoms with van der Waals surface area (Å²) in [7, 11) is 1.68. The molecular formula is C13H17N3OS. The molecule has 0 aliphatic carbocycles. The Morgan fingerprint density at radius 3 is 2.78 bits per heavy atom. The molecule has 0 saturated carbocycles. The molecule has 2 aromatic rings. The van der Waals surface area contributed by atoms with Crippen LogP contribution in [0.2, 0.25) is 0 Å². The molecule has 96 valence electrons. The van der Waals surface area contributed by atoms with Crippen molar-refractivity contribution in [2.45, 2.75) is 26.3 Å². The summed E-state index contributed by atoms with van der Waals surface area (Å²) >= 11 is 5.24. The first-order chi connectivity index (χ1) is 8.63. The topological polar surface area (TPSA) is 42.8 Å². The molecule has 1 aromatic carbocycles. The summed E-state index contributed by atoms with van der Waals surface area (Å²) in [6.07, 6.45) is 0.704. The zero-order valence-electron chi connectivity index (χ0n) is 10.8. The lowest BCUT2D eigenvalue weighted by Crippen LogP contribution is -2.07. The Bertz CT molecular complexity index is 586. The molecule has 4 nitrogen and oxygen atoms in total. The quantitative estimate of drug-likeness (QED) is 0.862. The van der Waals surface area contributed by atoms with Gasteiger partial charge in [-0.25, -0.2) is 0 Å². The molecule has 0 atom stereocenters. The van der Waals surface area contributed by atoms with Gasteiger partial charge in [0.05, 0.1) is 7.11 Å². The van der Waals surface area contributed by atoms with Crippen LogP contribution in [0, 0.1) is 4.77 Å². The summed E-state index contributed by atoms with van der Waals surface area (Å²) in [6.45, 7) is 4.19. The Labute approximate surface area is 112 Å². The fourth-order valence-corrected chi connectivity index (χ4v) is 2.38. The Morgan fingerprint density at radius 1 is 1.39 bits per heavy atom. The van der Waals surface area contributed by atoms with Gasteiger partial charge in [-0.15, -0.1) is 0 Å². The van der Waals surface area contributed by atoms with Gasteiger partial charge in [0, 0.05) is 18.0 Å². The number of hydrogen-bond acceptors (Lipinski definition) is 3. The normalized spacial score (nSPS) is 10.9. The minimum Gasteiger partial charge on any atom is -0.496 e. The Balaban J connectivity index is 2.37. The minimum absolute atomic E-state index is 0.293. The number of para-hydroxylation sites is 1. The summed E-state index contributed by atoms with van der Waals surface area (Å²) in [4.78, 5) is 0. The van der Waals surface area contributed by atoms with Gasteiger partial charge in [-0.05, 0) is 32.1 Å². The van der Waals surface area contributed by atoms with E-state index in [-0.39, 0.29) is 0 Å². The SMILES string of the molecule is COc1ccccc1Cc1n[nH]c(=S)n1C(C)C. The number of methoxy groups -OCH3 is 1. The molecule has 1 N–H and O–H groups in total. The van der Waals surface area contributed by atoms with Crippen molar-refractivity contribution < 1.29 is 4.74 Å². The van der Waals surface area contributed by atoms with E-state index < -0.39 is 0 Å².